The molecule has 0 aliphatic rings. The Hall–Kier alpha value is -0.200. The van der Waals surface area contributed by atoms with Gasteiger partial charge in [-0.1, -0.05) is 0 Å². The van der Waals surface area contributed by atoms with E-state index in [4.69, 9.17) is 16.6 Å². The summed E-state index contributed by atoms with van der Waals surface area (Å²) < 4.78 is 0. The van der Waals surface area contributed by atoms with Gasteiger partial charge in [-0.3, -0.25) is 0 Å². The third-order valence-corrected chi connectivity index (χ3v) is 2.04. The summed E-state index contributed by atoms with van der Waals surface area (Å²) in [7, 11) is 0. The van der Waals surface area contributed by atoms with Crippen LogP contribution in [-0.2, 0) is 0 Å². The Morgan fingerprint density at radius 2 is 1.57 bits per heavy atom. The Kier molecular flexibility index (Phi) is 9.23. The van der Waals surface area contributed by atoms with E-state index in [-0.39, 0.29) is 6.61 Å². The van der Waals surface area contributed by atoms with Crippen molar-refractivity contribution >= 4 is 0 Å². The minimum atomic E-state index is -0.662. The monoisotopic (exact) mass is 205 g/mol. The lowest BCUT2D eigenvalue weighted by Crippen LogP contribution is -2.37. The van der Waals surface area contributed by atoms with Crippen LogP contribution in [-0.4, -0.2) is 60.5 Å². The number of aliphatic hydroxyl groups excluding tert-OH is 2. The number of nitrogens with two attached hydrogens (primary N) is 2. The maximum Gasteiger partial charge on any atom is 0.0897 e. The SMILES string of the molecule is NCCCN(CCCN)C[C@H](O)CO. The fourth-order valence-corrected chi connectivity index (χ4v) is 1.28. The highest BCUT2D eigenvalue weighted by molar-refractivity contribution is 4.64. The van der Waals surface area contributed by atoms with Crippen molar-refractivity contribution in [2.75, 3.05) is 39.3 Å². The highest BCUT2D eigenvalue weighted by Gasteiger charge is 2.09. The van der Waals surface area contributed by atoms with Crippen LogP contribution < -0.4 is 11.5 Å². The predicted octanol–water partition coefficient (Wildman–Crippen LogP) is -1.66. The van der Waals surface area contributed by atoms with Crippen molar-refractivity contribution in [1.29, 1.82) is 0 Å². The van der Waals surface area contributed by atoms with Crippen molar-refractivity contribution in [2.45, 2.75) is 18.9 Å². The summed E-state index contributed by atoms with van der Waals surface area (Å²) in [4.78, 5) is 2.08. The molecule has 6 N–H and O–H groups in total. The molecule has 0 unspecified atom stereocenters. The molecule has 0 heterocycles. The molecule has 86 valence electrons. The second kappa shape index (κ2) is 9.36. The van der Waals surface area contributed by atoms with Crippen LogP contribution in [0.3, 0.4) is 0 Å². The second-order valence-corrected chi connectivity index (χ2v) is 3.42. The summed E-state index contributed by atoms with van der Waals surface area (Å²) in [5.41, 5.74) is 10.8. The summed E-state index contributed by atoms with van der Waals surface area (Å²) in [6.07, 6.45) is 1.15. The number of aliphatic hydroxyl groups is 2. The zero-order valence-corrected chi connectivity index (χ0v) is 8.73. The lowest BCUT2D eigenvalue weighted by molar-refractivity contribution is 0.0587. The van der Waals surface area contributed by atoms with Gasteiger partial charge < -0.3 is 26.6 Å². The lowest BCUT2D eigenvalue weighted by Gasteiger charge is -2.23. The molecule has 0 spiro atoms. The van der Waals surface area contributed by atoms with Gasteiger partial charge in [-0.2, -0.15) is 0 Å². The number of hydrogen-bond donors (Lipinski definition) is 4. The van der Waals surface area contributed by atoms with E-state index in [1.54, 1.807) is 0 Å². The van der Waals surface area contributed by atoms with Gasteiger partial charge in [-0.25, -0.2) is 0 Å². The van der Waals surface area contributed by atoms with Gasteiger partial charge in [-0.05, 0) is 39.0 Å². The van der Waals surface area contributed by atoms with E-state index in [1.807, 2.05) is 0 Å². The topological polar surface area (TPSA) is 95.7 Å². The molecule has 0 aliphatic heterocycles. The highest BCUT2D eigenvalue weighted by atomic mass is 16.3. The third kappa shape index (κ3) is 7.23. The first-order valence-electron chi connectivity index (χ1n) is 5.16. The molecule has 1 atom stereocenters. The fourth-order valence-electron chi connectivity index (χ4n) is 1.28. The summed E-state index contributed by atoms with van der Waals surface area (Å²) in [5.74, 6) is 0. The van der Waals surface area contributed by atoms with E-state index < -0.39 is 6.10 Å². The van der Waals surface area contributed by atoms with E-state index in [2.05, 4.69) is 4.90 Å². The smallest absolute Gasteiger partial charge is 0.0897 e. The molecule has 0 bridgehead atoms. The first-order valence-corrected chi connectivity index (χ1v) is 5.16. The van der Waals surface area contributed by atoms with Crippen LogP contribution >= 0.6 is 0 Å². The molecule has 0 aromatic carbocycles. The predicted molar refractivity (Wildman–Crippen MR) is 56.9 cm³/mol. The molecule has 5 nitrogen and oxygen atoms in total. The van der Waals surface area contributed by atoms with E-state index in [9.17, 15) is 5.11 Å². The Bertz CT molecular complexity index is 117. The van der Waals surface area contributed by atoms with Crippen LogP contribution in [0, 0.1) is 0 Å². The van der Waals surface area contributed by atoms with Gasteiger partial charge in [0.2, 0.25) is 0 Å². The molecule has 0 fully saturated rings. The summed E-state index contributed by atoms with van der Waals surface area (Å²) in [6, 6.07) is 0. The molecular weight excluding hydrogens is 182 g/mol. The van der Waals surface area contributed by atoms with Crippen LogP contribution in [0.15, 0.2) is 0 Å². The Labute approximate surface area is 85.7 Å². The first-order chi connectivity index (χ1) is 6.74. The second-order valence-electron chi connectivity index (χ2n) is 3.42. The number of nitrogens with zero attached hydrogens (tertiary/aromatic N) is 1. The van der Waals surface area contributed by atoms with Crippen LogP contribution in [0.2, 0.25) is 0 Å². The Morgan fingerprint density at radius 1 is 1.07 bits per heavy atom. The van der Waals surface area contributed by atoms with Crippen molar-refractivity contribution < 1.29 is 10.2 Å². The lowest BCUT2D eigenvalue weighted by atomic mass is 10.3. The molecule has 14 heavy (non-hydrogen) atoms. The number of rotatable bonds is 9. The average Bonchev–Trinajstić information content (AvgIpc) is 2.21. The molecule has 0 aliphatic carbocycles. The number of hydrogen-bond acceptors (Lipinski definition) is 5. The molecule has 0 aromatic rings. The normalized spacial score (nSPS) is 13.5. The standard InChI is InChI=1S/C9H23N3O2/c10-3-1-5-12(6-2-4-11)7-9(14)8-13/h9,13-14H,1-8,10-11H2/t9-/m0/s1. The summed E-state index contributed by atoms with van der Waals surface area (Å²) in [6.45, 7) is 3.31. The van der Waals surface area contributed by atoms with E-state index in [0.717, 1.165) is 25.9 Å². The van der Waals surface area contributed by atoms with Crippen molar-refractivity contribution in [1.82, 2.24) is 4.90 Å². The zero-order chi connectivity index (χ0) is 10.8. The largest absolute Gasteiger partial charge is 0.394 e. The van der Waals surface area contributed by atoms with Crippen LogP contribution in [0.5, 0.6) is 0 Å². The zero-order valence-electron chi connectivity index (χ0n) is 8.73. The van der Waals surface area contributed by atoms with Gasteiger partial charge in [0, 0.05) is 6.54 Å². The third-order valence-electron chi connectivity index (χ3n) is 2.04. The van der Waals surface area contributed by atoms with Crippen molar-refractivity contribution in [3.63, 3.8) is 0 Å². The summed E-state index contributed by atoms with van der Waals surface area (Å²) >= 11 is 0. The minimum absolute atomic E-state index is 0.193. The Morgan fingerprint density at radius 3 is 1.93 bits per heavy atom. The van der Waals surface area contributed by atoms with E-state index >= 15 is 0 Å². The molecular formula is C9H23N3O2. The summed E-state index contributed by atoms with van der Waals surface area (Å²) in [5, 5.41) is 18.0. The Balaban J connectivity index is 3.71. The molecule has 0 saturated carbocycles. The van der Waals surface area contributed by atoms with Gasteiger partial charge in [0.15, 0.2) is 0 Å². The average molecular weight is 205 g/mol. The molecule has 5 heteroatoms. The molecule has 0 rings (SSSR count). The van der Waals surface area contributed by atoms with Crippen LogP contribution in [0.4, 0.5) is 0 Å². The first kappa shape index (κ1) is 13.8. The quantitative estimate of drug-likeness (QED) is 0.361. The molecule has 0 radical (unpaired) electrons. The fraction of sp³-hybridized carbons (Fsp3) is 1.00. The molecule has 0 amide bonds. The maximum absolute atomic E-state index is 9.27. The van der Waals surface area contributed by atoms with Gasteiger partial charge in [-0.15, -0.1) is 0 Å². The van der Waals surface area contributed by atoms with Gasteiger partial charge in [0.25, 0.3) is 0 Å². The van der Waals surface area contributed by atoms with Gasteiger partial charge in [0.05, 0.1) is 12.7 Å². The van der Waals surface area contributed by atoms with Crippen molar-refractivity contribution in [3.05, 3.63) is 0 Å². The molecule has 0 aromatic heterocycles. The van der Waals surface area contributed by atoms with Crippen LogP contribution in [0.1, 0.15) is 12.8 Å². The van der Waals surface area contributed by atoms with Crippen LogP contribution in [0.25, 0.3) is 0 Å². The van der Waals surface area contributed by atoms with E-state index in [1.165, 1.54) is 0 Å². The van der Waals surface area contributed by atoms with Gasteiger partial charge in [0.1, 0.15) is 0 Å². The van der Waals surface area contributed by atoms with Crippen molar-refractivity contribution in [2.24, 2.45) is 11.5 Å². The van der Waals surface area contributed by atoms with Crippen molar-refractivity contribution in [3.8, 4) is 0 Å². The highest BCUT2D eigenvalue weighted by Crippen LogP contribution is 1.96. The minimum Gasteiger partial charge on any atom is -0.394 e. The van der Waals surface area contributed by atoms with E-state index in [0.29, 0.717) is 19.6 Å². The maximum atomic E-state index is 9.27. The molecule has 0 saturated heterocycles. The van der Waals surface area contributed by atoms with Gasteiger partial charge >= 0.3 is 0 Å².